The largest absolute Gasteiger partial charge is 0.455 e. The van der Waals surface area contributed by atoms with Crippen LogP contribution in [0.2, 0.25) is 0 Å². The number of hydrogen-bond acceptors (Lipinski definition) is 1. The van der Waals surface area contributed by atoms with Gasteiger partial charge in [-0.3, -0.25) is 0 Å². The lowest BCUT2D eigenvalue weighted by molar-refractivity contribution is 0.673. The van der Waals surface area contributed by atoms with Gasteiger partial charge in [0.15, 0.2) is 0 Å². The highest BCUT2D eigenvalue weighted by Crippen LogP contribution is 2.56. The molecule has 0 spiro atoms. The van der Waals surface area contributed by atoms with Gasteiger partial charge in [-0.1, -0.05) is 127 Å². The second-order valence-electron chi connectivity index (χ2n) is 12.0. The maximum absolute atomic E-state index is 6.57. The molecule has 0 atom stereocenters. The zero-order valence-corrected chi connectivity index (χ0v) is 24.4. The molecule has 0 aliphatic heterocycles. The minimum absolute atomic E-state index is 0.449. The molecule has 7 aromatic carbocycles. The number of furan rings is 1. The molecule has 0 radical (unpaired) electrons. The average Bonchev–Trinajstić information content (AvgIpc) is 3.75. The Kier molecular flexibility index (Phi) is 4.95. The van der Waals surface area contributed by atoms with Crippen LogP contribution in [0.15, 0.2) is 168 Å². The van der Waals surface area contributed by atoms with Gasteiger partial charge in [0.2, 0.25) is 0 Å². The van der Waals surface area contributed by atoms with Crippen molar-refractivity contribution in [3.8, 4) is 16.8 Å². The molecule has 1 aliphatic rings. The van der Waals surface area contributed by atoms with Gasteiger partial charge in [0, 0.05) is 21.8 Å². The monoisotopic (exact) mass is 573 g/mol. The third-order valence-corrected chi connectivity index (χ3v) is 9.88. The first kappa shape index (κ1) is 24.6. The number of nitrogens with zero attached hydrogens (tertiary/aromatic N) is 1. The Morgan fingerprint density at radius 3 is 1.89 bits per heavy atom. The van der Waals surface area contributed by atoms with Crippen LogP contribution in [-0.2, 0) is 5.41 Å². The van der Waals surface area contributed by atoms with Gasteiger partial charge in [-0.15, -0.1) is 0 Å². The first-order valence-corrected chi connectivity index (χ1v) is 15.5. The summed E-state index contributed by atoms with van der Waals surface area (Å²) in [5.74, 6) is 0. The quantitative estimate of drug-likeness (QED) is 0.206. The molecule has 2 nitrogen and oxygen atoms in total. The highest BCUT2D eigenvalue weighted by Gasteiger charge is 2.46. The number of para-hydroxylation sites is 2. The van der Waals surface area contributed by atoms with E-state index in [-0.39, 0.29) is 0 Å². The highest BCUT2D eigenvalue weighted by atomic mass is 16.3. The van der Waals surface area contributed by atoms with Crippen LogP contribution in [0.4, 0.5) is 0 Å². The van der Waals surface area contributed by atoms with Crippen LogP contribution in [0, 0.1) is 0 Å². The Hall–Kier alpha value is -5.86. The van der Waals surface area contributed by atoms with E-state index in [1.54, 1.807) is 0 Å². The van der Waals surface area contributed by atoms with E-state index in [0.717, 1.165) is 38.5 Å². The van der Waals surface area contributed by atoms with E-state index < -0.39 is 5.41 Å². The smallest absolute Gasteiger partial charge is 0.145 e. The topological polar surface area (TPSA) is 18.1 Å². The van der Waals surface area contributed by atoms with Gasteiger partial charge >= 0.3 is 0 Å². The zero-order valence-electron chi connectivity index (χ0n) is 24.4. The molecular weight excluding hydrogens is 546 g/mol. The summed E-state index contributed by atoms with van der Waals surface area (Å²) in [5, 5.41) is 4.65. The van der Waals surface area contributed by atoms with Crippen molar-refractivity contribution in [1.29, 1.82) is 0 Å². The van der Waals surface area contributed by atoms with Crippen molar-refractivity contribution in [1.82, 2.24) is 4.57 Å². The average molecular weight is 574 g/mol. The molecule has 1 aliphatic carbocycles. The number of hydrogen-bond donors (Lipinski definition) is 0. The van der Waals surface area contributed by atoms with Gasteiger partial charge in [0.25, 0.3) is 0 Å². The number of aromatic nitrogens is 1. The summed E-state index contributed by atoms with van der Waals surface area (Å²) in [4.78, 5) is 0. The van der Waals surface area contributed by atoms with E-state index in [2.05, 4.69) is 162 Å². The van der Waals surface area contributed by atoms with Gasteiger partial charge < -0.3 is 8.98 Å². The summed E-state index contributed by atoms with van der Waals surface area (Å²) in [5.41, 5.74) is 12.6. The van der Waals surface area contributed by atoms with Crippen LogP contribution < -0.4 is 0 Å². The molecule has 0 N–H and O–H groups in total. The molecule has 45 heavy (non-hydrogen) atoms. The minimum atomic E-state index is -0.449. The number of rotatable bonds is 3. The second-order valence-corrected chi connectivity index (χ2v) is 12.0. The lowest BCUT2D eigenvalue weighted by Gasteiger charge is -2.34. The lowest BCUT2D eigenvalue weighted by Crippen LogP contribution is -2.28. The number of fused-ring (bicyclic) bond motifs is 10. The van der Waals surface area contributed by atoms with Crippen LogP contribution in [-0.4, -0.2) is 4.57 Å². The molecule has 9 aromatic rings. The molecule has 0 unspecified atom stereocenters. The third kappa shape index (κ3) is 3.18. The molecule has 0 bridgehead atoms. The van der Waals surface area contributed by atoms with Crippen molar-refractivity contribution in [2.45, 2.75) is 5.41 Å². The van der Waals surface area contributed by atoms with Gasteiger partial charge in [0.1, 0.15) is 11.2 Å². The molecule has 0 saturated heterocycles. The minimum Gasteiger partial charge on any atom is -0.455 e. The van der Waals surface area contributed by atoms with Crippen LogP contribution in [0.5, 0.6) is 0 Å². The highest BCUT2D eigenvalue weighted by molar-refractivity contribution is 6.23. The van der Waals surface area contributed by atoms with E-state index in [1.807, 2.05) is 6.07 Å². The van der Waals surface area contributed by atoms with Crippen LogP contribution >= 0.6 is 0 Å². The summed E-state index contributed by atoms with van der Waals surface area (Å²) >= 11 is 0. The number of benzene rings is 7. The molecule has 2 heterocycles. The molecule has 210 valence electrons. The normalized spacial score (nSPS) is 13.5. The van der Waals surface area contributed by atoms with Crippen molar-refractivity contribution < 1.29 is 4.42 Å². The lowest BCUT2D eigenvalue weighted by atomic mass is 9.67. The summed E-state index contributed by atoms with van der Waals surface area (Å²) in [7, 11) is 0. The fraction of sp³-hybridized carbons (Fsp3) is 0.0233. The molecule has 2 aromatic heterocycles. The van der Waals surface area contributed by atoms with Crippen molar-refractivity contribution in [2.75, 3.05) is 0 Å². The van der Waals surface area contributed by atoms with E-state index in [0.29, 0.717) is 0 Å². The first-order valence-electron chi connectivity index (χ1n) is 15.5. The van der Waals surface area contributed by atoms with Gasteiger partial charge in [-0.25, -0.2) is 0 Å². The third-order valence-electron chi connectivity index (χ3n) is 9.88. The maximum Gasteiger partial charge on any atom is 0.145 e. The Bertz CT molecular complexity index is 2550. The molecule has 0 fully saturated rings. The maximum atomic E-state index is 6.57. The standard InChI is InChI=1S/C43H27NO/c1-3-13-28(14-4-1)43(29-15-5-2-6-16-29)36-20-10-7-17-31(36)32-24-23-30(27-37(32)43)44-38-21-11-8-19-35(38)41-39(44)26-25-34-33-18-9-12-22-40(33)45-42(34)41/h1-27H. The molecule has 2 heteroatoms. The van der Waals surface area contributed by atoms with E-state index >= 15 is 0 Å². The van der Waals surface area contributed by atoms with Crippen LogP contribution in [0.1, 0.15) is 22.3 Å². The molecule has 10 rings (SSSR count). The first-order chi connectivity index (χ1) is 22.3. The summed E-state index contributed by atoms with van der Waals surface area (Å²) in [6.45, 7) is 0. The van der Waals surface area contributed by atoms with Gasteiger partial charge in [0.05, 0.1) is 21.8 Å². The Labute approximate surface area is 260 Å². The predicted molar refractivity (Wildman–Crippen MR) is 185 cm³/mol. The molecule has 0 saturated carbocycles. The Balaban J connectivity index is 1.32. The molecular formula is C43H27NO. The van der Waals surface area contributed by atoms with Gasteiger partial charge in [-0.2, -0.15) is 0 Å². The van der Waals surface area contributed by atoms with Crippen molar-refractivity contribution in [3.05, 3.63) is 186 Å². The molecule has 0 amide bonds. The fourth-order valence-electron chi connectivity index (χ4n) is 8.08. The fourth-order valence-corrected chi connectivity index (χ4v) is 8.08. The second kappa shape index (κ2) is 9.07. The summed E-state index contributed by atoms with van der Waals surface area (Å²) < 4.78 is 8.99. The van der Waals surface area contributed by atoms with Crippen LogP contribution in [0.3, 0.4) is 0 Å². The van der Waals surface area contributed by atoms with E-state index in [9.17, 15) is 0 Å². The summed E-state index contributed by atoms with van der Waals surface area (Å²) in [6, 6.07) is 59.5. The van der Waals surface area contributed by atoms with Crippen LogP contribution in [0.25, 0.3) is 60.6 Å². The van der Waals surface area contributed by atoms with E-state index in [4.69, 9.17) is 4.42 Å². The Morgan fingerprint density at radius 2 is 1.09 bits per heavy atom. The van der Waals surface area contributed by atoms with Crippen molar-refractivity contribution in [2.24, 2.45) is 0 Å². The van der Waals surface area contributed by atoms with Crippen molar-refractivity contribution in [3.63, 3.8) is 0 Å². The Morgan fingerprint density at radius 1 is 0.444 bits per heavy atom. The summed E-state index contributed by atoms with van der Waals surface area (Å²) in [6.07, 6.45) is 0. The van der Waals surface area contributed by atoms with Crippen molar-refractivity contribution >= 4 is 43.7 Å². The van der Waals surface area contributed by atoms with E-state index in [1.165, 1.54) is 44.3 Å². The van der Waals surface area contributed by atoms with Gasteiger partial charge in [-0.05, 0) is 69.8 Å². The zero-order chi connectivity index (χ0) is 29.5. The SMILES string of the molecule is c1ccc(C2(c3ccccc3)c3ccccc3-c3ccc(-n4c5ccccc5c5c6oc7ccccc7c6ccc54)cc32)cc1. The predicted octanol–water partition coefficient (Wildman–Crippen LogP) is 11.0.